The number of benzene rings is 3. The molecule has 0 aliphatic heterocycles. The van der Waals surface area contributed by atoms with E-state index in [0.717, 1.165) is 11.1 Å². The van der Waals surface area contributed by atoms with Gasteiger partial charge in [-0.1, -0.05) is 29.4 Å². The number of halogens is 1. The topological polar surface area (TPSA) is 71.9 Å². The van der Waals surface area contributed by atoms with Gasteiger partial charge in [0.15, 0.2) is 6.61 Å². The Balaban J connectivity index is 1.40. The first kappa shape index (κ1) is 17.4. The van der Waals surface area contributed by atoms with Gasteiger partial charge in [-0.15, -0.1) is 0 Å². The molecule has 0 unspecified atom stereocenters. The Labute approximate surface area is 160 Å². The summed E-state index contributed by atoms with van der Waals surface area (Å²) >= 11 is 0. The van der Waals surface area contributed by atoms with Gasteiger partial charge in [-0.2, -0.15) is 10.2 Å². The van der Waals surface area contributed by atoms with Crippen molar-refractivity contribution < 1.29 is 13.7 Å². The highest BCUT2D eigenvalue weighted by molar-refractivity contribution is 5.65. The standard InChI is InChI=1S/C22H14FN3O2/c23-19-9-5-18(6-10-19)22-25-21(28-26-22)14-27-20-11-7-17(8-12-20)16-3-1-15(13-24)2-4-16/h1-12H,14H2. The van der Waals surface area contributed by atoms with Gasteiger partial charge in [0.05, 0.1) is 11.6 Å². The molecule has 4 aromatic rings. The lowest BCUT2D eigenvalue weighted by molar-refractivity contribution is 0.243. The zero-order chi connectivity index (χ0) is 19.3. The van der Waals surface area contributed by atoms with Crippen molar-refractivity contribution in [2.45, 2.75) is 6.61 Å². The first-order valence-electron chi connectivity index (χ1n) is 8.53. The lowest BCUT2D eigenvalue weighted by atomic mass is 10.0. The maximum absolute atomic E-state index is 13.0. The van der Waals surface area contributed by atoms with Crippen LogP contribution < -0.4 is 4.74 Å². The molecule has 0 radical (unpaired) electrons. The number of hydrogen-bond donors (Lipinski definition) is 0. The summed E-state index contributed by atoms with van der Waals surface area (Å²) in [4.78, 5) is 4.26. The maximum atomic E-state index is 13.0. The van der Waals surface area contributed by atoms with E-state index in [4.69, 9.17) is 14.5 Å². The highest BCUT2D eigenvalue weighted by Crippen LogP contribution is 2.23. The van der Waals surface area contributed by atoms with Crippen molar-refractivity contribution in [1.82, 2.24) is 10.1 Å². The maximum Gasteiger partial charge on any atom is 0.264 e. The Morgan fingerprint density at radius 3 is 2.11 bits per heavy atom. The molecular formula is C22H14FN3O2. The van der Waals surface area contributed by atoms with Crippen LogP contribution in [0.1, 0.15) is 11.5 Å². The molecule has 0 aliphatic carbocycles. The van der Waals surface area contributed by atoms with E-state index >= 15 is 0 Å². The minimum atomic E-state index is -0.319. The quantitative estimate of drug-likeness (QED) is 0.494. The van der Waals surface area contributed by atoms with E-state index in [2.05, 4.69) is 16.2 Å². The second-order valence-corrected chi connectivity index (χ2v) is 6.02. The predicted octanol–water partition coefficient (Wildman–Crippen LogP) is 4.99. The molecule has 28 heavy (non-hydrogen) atoms. The zero-order valence-electron chi connectivity index (χ0n) is 14.7. The Bertz CT molecular complexity index is 1110. The van der Waals surface area contributed by atoms with Crippen LogP contribution in [0, 0.1) is 17.1 Å². The normalized spacial score (nSPS) is 10.4. The van der Waals surface area contributed by atoms with Crippen LogP contribution in [0.3, 0.4) is 0 Å². The Kier molecular flexibility index (Phi) is 4.81. The predicted molar refractivity (Wildman–Crippen MR) is 101 cm³/mol. The molecule has 0 spiro atoms. The zero-order valence-corrected chi connectivity index (χ0v) is 14.7. The SMILES string of the molecule is N#Cc1ccc(-c2ccc(OCc3nc(-c4ccc(F)cc4)no3)cc2)cc1. The van der Waals surface area contributed by atoms with Crippen molar-refractivity contribution in [2.24, 2.45) is 0 Å². The van der Waals surface area contributed by atoms with Crippen LogP contribution in [0.2, 0.25) is 0 Å². The van der Waals surface area contributed by atoms with Crippen LogP contribution in [0.15, 0.2) is 77.3 Å². The van der Waals surface area contributed by atoms with Crippen LogP contribution in [-0.2, 0) is 6.61 Å². The van der Waals surface area contributed by atoms with Gasteiger partial charge in [0.2, 0.25) is 5.82 Å². The Morgan fingerprint density at radius 2 is 1.46 bits per heavy atom. The summed E-state index contributed by atoms with van der Waals surface area (Å²) in [6.07, 6.45) is 0. The van der Waals surface area contributed by atoms with Crippen molar-refractivity contribution in [3.63, 3.8) is 0 Å². The van der Waals surface area contributed by atoms with E-state index in [1.165, 1.54) is 12.1 Å². The average molecular weight is 371 g/mol. The smallest absolute Gasteiger partial charge is 0.264 e. The molecule has 0 atom stereocenters. The minimum absolute atomic E-state index is 0.129. The third-order valence-electron chi connectivity index (χ3n) is 4.13. The van der Waals surface area contributed by atoms with Gasteiger partial charge in [-0.25, -0.2) is 4.39 Å². The molecule has 0 amide bonds. The van der Waals surface area contributed by atoms with E-state index in [1.807, 2.05) is 36.4 Å². The summed E-state index contributed by atoms with van der Waals surface area (Å²) in [5, 5.41) is 12.8. The van der Waals surface area contributed by atoms with Gasteiger partial charge in [-0.3, -0.25) is 0 Å². The molecule has 0 saturated heterocycles. The van der Waals surface area contributed by atoms with Crippen LogP contribution in [0.4, 0.5) is 4.39 Å². The lowest BCUT2D eigenvalue weighted by Gasteiger charge is -2.05. The minimum Gasteiger partial charge on any atom is -0.484 e. The molecule has 0 saturated carbocycles. The van der Waals surface area contributed by atoms with Crippen LogP contribution in [0.25, 0.3) is 22.5 Å². The Hall–Kier alpha value is -3.98. The average Bonchev–Trinajstić information content (AvgIpc) is 3.22. The summed E-state index contributed by atoms with van der Waals surface area (Å²) in [6, 6.07) is 22.9. The lowest BCUT2D eigenvalue weighted by Crippen LogP contribution is -1.95. The molecule has 0 aliphatic rings. The van der Waals surface area contributed by atoms with E-state index in [-0.39, 0.29) is 12.4 Å². The van der Waals surface area contributed by atoms with E-state index in [1.54, 1.807) is 24.3 Å². The molecule has 5 nitrogen and oxygen atoms in total. The molecule has 6 heteroatoms. The number of nitrogens with zero attached hydrogens (tertiary/aromatic N) is 3. The van der Waals surface area contributed by atoms with Gasteiger partial charge in [0, 0.05) is 5.56 Å². The molecule has 0 N–H and O–H groups in total. The van der Waals surface area contributed by atoms with Gasteiger partial charge in [0.25, 0.3) is 5.89 Å². The number of nitriles is 1. The van der Waals surface area contributed by atoms with Crippen LogP contribution >= 0.6 is 0 Å². The van der Waals surface area contributed by atoms with Crippen molar-refractivity contribution in [2.75, 3.05) is 0 Å². The fourth-order valence-electron chi connectivity index (χ4n) is 2.66. The van der Waals surface area contributed by atoms with Crippen molar-refractivity contribution >= 4 is 0 Å². The van der Waals surface area contributed by atoms with E-state index in [9.17, 15) is 4.39 Å². The van der Waals surface area contributed by atoms with Crippen molar-refractivity contribution in [3.05, 3.63) is 90.1 Å². The monoisotopic (exact) mass is 371 g/mol. The number of ether oxygens (including phenoxy) is 1. The molecule has 1 heterocycles. The number of rotatable bonds is 5. The highest BCUT2D eigenvalue weighted by atomic mass is 19.1. The summed E-state index contributed by atoms with van der Waals surface area (Å²) in [7, 11) is 0. The molecule has 0 fully saturated rings. The summed E-state index contributed by atoms with van der Waals surface area (Å²) in [6.45, 7) is 0.129. The van der Waals surface area contributed by atoms with Crippen LogP contribution in [0.5, 0.6) is 5.75 Å². The second kappa shape index (κ2) is 7.72. The molecule has 3 aromatic carbocycles. The first-order valence-corrected chi connectivity index (χ1v) is 8.53. The summed E-state index contributed by atoms with van der Waals surface area (Å²) < 4.78 is 23.9. The number of aromatic nitrogens is 2. The first-order chi connectivity index (χ1) is 13.7. The molecular weight excluding hydrogens is 357 g/mol. The van der Waals surface area contributed by atoms with E-state index < -0.39 is 0 Å². The van der Waals surface area contributed by atoms with Crippen LogP contribution in [-0.4, -0.2) is 10.1 Å². The third-order valence-corrected chi connectivity index (χ3v) is 4.13. The van der Waals surface area contributed by atoms with Crippen molar-refractivity contribution in [1.29, 1.82) is 5.26 Å². The third kappa shape index (κ3) is 3.89. The van der Waals surface area contributed by atoms with Crippen molar-refractivity contribution in [3.8, 4) is 34.3 Å². The van der Waals surface area contributed by atoms with Gasteiger partial charge in [-0.05, 0) is 59.7 Å². The van der Waals surface area contributed by atoms with E-state index in [0.29, 0.717) is 28.6 Å². The van der Waals surface area contributed by atoms with Gasteiger partial charge in [0.1, 0.15) is 11.6 Å². The summed E-state index contributed by atoms with van der Waals surface area (Å²) in [5.74, 6) is 1.06. The second-order valence-electron chi connectivity index (χ2n) is 6.02. The fourth-order valence-corrected chi connectivity index (χ4v) is 2.66. The Morgan fingerprint density at radius 1 is 0.857 bits per heavy atom. The molecule has 136 valence electrons. The highest BCUT2D eigenvalue weighted by Gasteiger charge is 2.09. The van der Waals surface area contributed by atoms with Gasteiger partial charge < -0.3 is 9.26 Å². The largest absolute Gasteiger partial charge is 0.484 e. The molecule has 0 bridgehead atoms. The fraction of sp³-hybridized carbons (Fsp3) is 0.0455. The van der Waals surface area contributed by atoms with Gasteiger partial charge >= 0.3 is 0 Å². The summed E-state index contributed by atoms with van der Waals surface area (Å²) in [5.41, 5.74) is 3.34. The number of hydrogen-bond acceptors (Lipinski definition) is 5. The molecule has 1 aromatic heterocycles. The molecule has 4 rings (SSSR count).